The van der Waals surface area contributed by atoms with Gasteiger partial charge in [0.1, 0.15) is 5.75 Å². The van der Waals surface area contributed by atoms with Crippen LogP contribution in [0.1, 0.15) is 23.1 Å². The molecule has 0 spiro atoms. The molecule has 1 fully saturated rings. The summed E-state index contributed by atoms with van der Waals surface area (Å²) < 4.78 is 27.0. The lowest BCUT2D eigenvalue weighted by molar-refractivity contribution is -0.143. The van der Waals surface area contributed by atoms with E-state index < -0.39 is 11.9 Å². The molecule has 1 saturated heterocycles. The summed E-state index contributed by atoms with van der Waals surface area (Å²) in [6, 6.07) is 13.0. The van der Waals surface area contributed by atoms with Crippen LogP contribution >= 0.6 is 0 Å². The molecule has 2 aromatic rings. The predicted octanol–water partition coefficient (Wildman–Crippen LogP) is 2.93. The van der Waals surface area contributed by atoms with Gasteiger partial charge in [-0.3, -0.25) is 9.69 Å². The molecule has 8 nitrogen and oxygen atoms in total. The number of likely N-dealkylation sites (tertiary alicyclic amines) is 1. The summed E-state index contributed by atoms with van der Waals surface area (Å²) in [5, 5.41) is 10.3. The lowest BCUT2D eigenvalue weighted by Gasteiger charge is -2.27. The quantitative estimate of drug-likeness (QED) is 0.561. The minimum atomic E-state index is -0.823. The number of carboxylic acids is 1. The Hall–Kier alpha value is -2.81. The summed E-state index contributed by atoms with van der Waals surface area (Å²) in [5.74, 6) is 0.440. The van der Waals surface area contributed by atoms with Crippen LogP contribution in [0.3, 0.4) is 0 Å². The van der Waals surface area contributed by atoms with Crippen molar-refractivity contribution < 1.29 is 33.6 Å². The van der Waals surface area contributed by atoms with E-state index in [2.05, 4.69) is 4.90 Å². The Kier molecular flexibility index (Phi) is 7.14. The Balaban J connectivity index is 1.62. The second-order valence-corrected chi connectivity index (χ2v) is 7.90. The minimum Gasteiger partial charge on any atom is -0.497 e. The Morgan fingerprint density at radius 3 is 2.50 bits per heavy atom. The number of rotatable bonds is 10. The van der Waals surface area contributed by atoms with Gasteiger partial charge in [0.2, 0.25) is 6.79 Å². The summed E-state index contributed by atoms with van der Waals surface area (Å²) >= 11 is 0. The van der Waals surface area contributed by atoms with Gasteiger partial charge in [0.05, 0.1) is 32.8 Å². The lowest BCUT2D eigenvalue weighted by atomic mass is 9.82. The van der Waals surface area contributed by atoms with Crippen molar-refractivity contribution in [2.75, 3.05) is 53.9 Å². The third-order valence-electron chi connectivity index (χ3n) is 6.12. The van der Waals surface area contributed by atoms with Crippen LogP contribution in [0, 0.1) is 5.92 Å². The molecule has 2 heterocycles. The van der Waals surface area contributed by atoms with Crippen molar-refractivity contribution in [3.8, 4) is 17.2 Å². The summed E-state index contributed by atoms with van der Waals surface area (Å²) in [5.41, 5.74) is 1.88. The number of aliphatic carboxylic acids is 1. The van der Waals surface area contributed by atoms with E-state index in [1.165, 1.54) is 0 Å². The molecule has 0 aliphatic carbocycles. The third kappa shape index (κ3) is 4.67. The first-order valence-electron chi connectivity index (χ1n) is 10.7. The maximum atomic E-state index is 12.5. The van der Waals surface area contributed by atoms with Crippen LogP contribution in [-0.4, -0.2) is 69.9 Å². The van der Waals surface area contributed by atoms with Gasteiger partial charge in [0, 0.05) is 32.2 Å². The molecule has 32 heavy (non-hydrogen) atoms. The van der Waals surface area contributed by atoms with Gasteiger partial charge < -0.3 is 28.8 Å². The molecule has 1 unspecified atom stereocenters. The number of fused-ring (bicyclic) bond motifs is 1. The zero-order valence-electron chi connectivity index (χ0n) is 18.4. The molecular formula is C24H29NO7. The molecule has 0 radical (unpaired) electrons. The molecule has 3 atom stereocenters. The van der Waals surface area contributed by atoms with Gasteiger partial charge in [0.15, 0.2) is 11.5 Å². The fraction of sp³-hybridized carbons (Fsp3) is 0.458. The van der Waals surface area contributed by atoms with E-state index in [0.717, 1.165) is 16.9 Å². The number of carboxylic acid groups (broad SMARTS) is 1. The maximum Gasteiger partial charge on any atom is 0.309 e. The van der Waals surface area contributed by atoms with Crippen molar-refractivity contribution in [3.63, 3.8) is 0 Å². The number of methoxy groups -OCH3 is 2. The van der Waals surface area contributed by atoms with E-state index in [1.54, 1.807) is 14.2 Å². The highest BCUT2D eigenvalue weighted by Gasteiger charge is 2.47. The van der Waals surface area contributed by atoms with Gasteiger partial charge in [-0.2, -0.15) is 0 Å². The highest BCUT2D eigenvalue weighted by Crippen LogP contribution is 2.47. The van der Waals surface area contributed by atoms with Crippen LogP contribution in [0.4, 0.5) is 0 Å². The first-order valence-corrected chi connectivity index (χ1v) is 10.7. The lowest BCUT2D eigenvalue weighted by Crippen LogP contribution is -2.31. The van der Waals surface area contributed by atoms with Gasteiger partial charge in [0.25, 0.3) is 0 Å². The van der Waals surface area contributed by atoms with Crippen molar-refractivity contribution in [1.29, 1.82) is 0 Å². The summed E-state index contributed by atoms with van der Waals surface area (Å²) in [6.45, 7) is 2.93. The Morgan fingerprint density at radius 2 is 1.78 bits per heavy atom. The van der Waals surface area contributed by atoms with Crippen molar-refractivity contribution in [2.45, 2.75) is 12.0 Å². The van der Waals surface area contributed by atoms with Gasteiger partial charge in [-0.15, -0.1) is 0 Å². The van der Waals surface area contributed by atoms with Crippen LogP contribution in [0.5, 0.6) is 17.2 Å². The molecular weight excluding hydrogens is 414 g/mol. The van der Waals surface area contributed by atoms with Crippen LogP contribution in [0.15, 0.2) is 42.5 Å². The SMILES string of the molecule is COCCOCCN1CC(c2ccc3c(c2)OCO3)[C@H](C(=O)O)[C@H]1c1ccc(OC)cc1. The van der Waals surface area contributed by atoms with Crippen LogP contribution in [0.2, 0.25) is 0 Å². The maximum absolute atomic E-state index is 12.5. The minimum absolute atomic E-state index is 0.186. The molecule has 0 amide bonds. The normalized spacial score (nSPS) is 22.2. The Bertz CT molecular complexity index is 917. The molecule has 2 aliphatic rings. The standard InChI is InChI=1S/C24H29NO7/c1-28-11-12-30-10-9-25-14-19(17-5-8-20-21(13-17)32-15-31-20)22(24(26)27)23(25)16-3-6-18(29-2)7-4-16/h3-8,13,19,22-23H,9-12,14-15H2,1-2H3,(H,26,27)/t19?,22-,23+/m0/s1. The summed E-state index contributed by atoms with van der Waals surface area (Å²) in [7, 11) is 3.25. The molecule has 8 heteroatoms. The zero-order chi connectivity index (χ0) is 22.5. The predicted molar refractivity (Wildman–Crippen MR) is 116 cm³/mol. The van der Waals surface area contributed by atoms with Crippen LogP contribution in [0.25, 0.3) is 0 Å². The number of nitrogens with zero attached hydrogens (tertiary/aromatic N) is 1. The molecule has 0 saturated carbocycles. The van der Waals surface area contributed by atoms with Crippen molar-refractivity contribution in [1.82, 2.24) is 4.90 Å². The van der Waals surface area contributed by atoms with Crippen molar-refractivity contribution in [2.24, 2.45) is 5.92 Å². The molecule has 0 aromatic heterocycles. The van der Waals surface area contributed by atoms with E-state index >= 15 is 0 Å². The van der Waals surface area contributed by atoms with E-state index in [0.29, 0.717) is 44.4 Å². The average Bonchev–Trinajstić information content (AvgIpc) is 3.43. The Morgan fingerprint density at radius 1 is 1.03 bits per heavy atom. The number of benzene rings is 2. The van der Waals surface area contributed by atoms with Crippen molar-refractivity contribution >= 4 is 5.97 Å². The number of hydrogen-bond acceptors (Lipinski definition) is 7. The Labute approximate surface area is 187 Å². The zero-order valence-corrected chi connectivity index (χ0v) is 18.4. The number of ether oxygens (including phenoxy) is 5. The smallest absolute Gasteiger partial charge is 0.309 e. The molecule has 2 aromatic carbocycles. The topological polar surface area (TPSA) is 86.7 Å². The van der Waals surface area contributed by atoms with Gasteiger partial charge in [-0.1, -0.05) is 18.2 Å². The molecule has 4 rings (SSSR count). The number of hydrogen-bond donors (Lipinski definition) is 1. The van der Waals surface area contributed by atoms with E-state index in [9.17, 15) is 9.90 Å². The molecule has 1 N–H and O–H groups in total. The van der Waals surface area contributed by atoms with Crippen LogP contribution < -0.4 is 14.2 Å². The second kappa shape index (κ2) is 10.2. The monoisotopic (exact) mass is 443 g/mol. The van der Waals surface area contributed by atoms with Crippen molar-refractivity contribution in [3.05, 3.63) is 53.6 Å². The largest absolute Gasteiger partial charge is 0.497 e. The molecule has 172 valence electrons. The molecule has 2 aliphatic heterocycles. The fourth-order valence-electron chi connectivity index (χ4n) is 4.57. The second-order valence-electron chi connectivity index (χ2n) is 7.90. The van der Waals surface area contributed by atoms with E-state index in [1.807, 2.05) is 42.5 Å². The molecule has 0 bridgehead atoms. The number of carbonyl (C=O) groups is 1. The van der Waals surface area contributed by atoms with E-state index in [4.69, 9.17) is 23.7 Å². The average molecular weight is 443 g/mol. The summed E-state index contributed by atoms with van der Waals surface area (Å²) in [6.07, 6.45) is 0. The van der Waals surface area contributed by atoms with Gasteiger partial charge in [-0.05, 0) is 35.4 Å². The summed E-state index contributed by atoms with van der Waals surface area (Å²) in [4.78, 5) is 14.7. The third-order valence-corrected chi connectivity index (χ3v) is 6.12. The van der Waals surface area contributed by atoms with E-state index in [-0.39, 0.29) is 18.8 Å². The highest BCUT2D eigenvalue weighted by atomic mass is 16.7. The van der Waals surface area contributed by atoms with Gasteiger partial charge in [-0.25, -0.2) is 0 Å². The van der Waals surface area contributed by atoms with Crippen LogP contribution in [-0.2, 0) is 14.3 Å². The fourth-order valence-corrected chi connectivity index (χ4v) is 4.57. The first-order chi connectivity index (χ1) is 15.6. The highest BCUT2D eigenvalue weighted by molar-refractivity contribution is 5.74. The first kappa shape index (κ1) is 22.4. The van der Waals surface area contributed by atoms with Gasteiger partial charge >= 0.3 is 5.97 Å².